The zero-order valence-electron chi connectivity index (χ0n) is 6.88. The van der Waals surface area contributed by atoms with Crippen LogP contribution in [-0.2, 0) is 0 Å². The van der Waals surface area contributed by atoms with Crippen molar-refractivity contribution in [2.24, 2.45) is 0 Å². The zero-order valence-corrected chi connectivity index (χ0v) is 9.22. The molecule has 0 bridgehead atoms. The molecule has 13 heavy (non-hydrogen) atoms. The second kappa shape index (κ2) is 3.24. The Hall–Kier alpha value is -0.670. The number of hydrogen-bond donors (Lipinski definition) is 0. The Morgan fingerprint density at radius 2 is 2.15 bits per heavy atom. The fraction of sp³-hybridized carbons (Fsp3) is 0.111. The molecule has 0 radical (unpaired) electrons. The molecular formula is C9H6BrClN2. The number of aryl methyl sites for hydroxylation is 1. The van der Waals surface area contributed by atoms with Crippen molar-refractivity contribution in [3.8, 4) is 0 Å². The predicted molar refractivity (Wildman–Crippen MR) is 57.0 cm³/mol. The monoisotopic (exact) mass is 256 g/mol. The van der Waals surface area contributed by atoms with Crippen LogP contribution >= 0.6 is 27.5 Å². The van der Waals surface area contributed by atoms with Crippen molar-refractivity contribution in [2.75, 3.05) is 0 Å². The van der Waals surface area contributed by atoms with Gasteiger partial charge >= 0.3 is 0 Å². The molecule has 0 saturated carbocycles. The molecule has 0 aliphatic rings. The smallest absolute Gasteiger partial charge is 0.129 e. The predicted octanol–water partition coefficient (Wildman–Crippen LogP) is 3.35. The molecule has 0 amide bonds. The van der Waals surface area contributed by atoms with Gasteiger partial charge in [0, 0.05) is 10.7 Å². The number of fused-ring (bicyclic) bond motifs is 1. The number of hydrogen-bond acceptors (Lipinski definition) is 2. The van der Waals surface area contributed by atoms with Crippen LogP contribution in [-0.4, -0.2) is 9.97 Å². The summed E-state index contributed by atoms with van der Waals surface area (Å²) in [6.07, 6.45) is 1.77. The van der Waals surface area contributed by atoms with E-state index in [0.717, 1.165) is 21.1 Å². The van der Waals surface area contributed by atoms with Crippen LogP contribution in [0, 0.1) is 6.92 Å². The van der Waals surface area contributed by atoms with Crippen LogP contribution in [0.5, 0.6) is 0 Å². The van der Waals surface area contributed by atoms with Gasteiger partial charge in [0.05, 0.1) is 11.0 Å². The molecule has 2 aromatic heterocycles. The van der Waals surface area contributed by atoms with Crippen molar-refractivity contribution in [3.63, 3.8) is 0 Å². The average Bonchev–Trinajstić information content (AvgIpc) is 2.12. The van der Waals surface area contributed by atoms with Gasteiger partial charge in [-0.05, 0) is 40.5 Å². The van der Waals surface area contributed by atoms with Gasteiger partial charge in [0.25, 0.3) is 0 Å². The second-order valence-corrected chi connectivity index (χ2v) is 3.97. The van der Waals surface area contributed by atoms with Crippen molar-refractivity contribution in [1.29, 1.82) is 0 Å². The quantitative estimate of drug-likeness (QED) is 0.676. The number of nitrogens with zero attached hydrogens (tertiary/aromatic N) is 2. The second-order valence-electron chi connectivity index (χ2n) is 2.73. The molecule has 2 nitrogen and oxygen atoms in total. The molecule has 0 fully saturated rings. The molecule has 0 unspecified atom stereocenters. The van der Waals surface area contributed by atoms with Crippen LogP contribution in [0.25, 0.3) is 11.0 Å². The molecule has 0 aliphatic carbocycles. The first kappa shape index (κ1) is 8.91. The Morgan fingerprint density at radius 1 is 1.38 bits per heavy atom. The van der Waals surface area contributed by atoms with Crippen LogP contribution in [0.15, 0.2) is 22.8 Å². The SMILES string of the molecule is Cc1c(Br)cnc2ccc(Cl)nc12. The molecule has 2 aromatic rings. The molecular weight excluding hydrogens is 251 g/mol. The minimum absolute atomic E-state index is 0.496. The molecule has 4 heteroatoms. The Kier molecular flexibility index (Phi) is 2.22. The average molecular weight is 258 g/mol. The lowest BCUT2D eigenvalue weighted by Gasteiger charge is -2.02. The summed E-state index contributed by atoms with van der Waals surface area (Å²) in [6, 6.07) is 3.61. The number of halogens is 2. The lowest BCUT2D eigenvalue weighted by atomic mass is 10.2. The Labute approximate surface area is 89.1 Å². The summed E-state index contributed by atoms with van der Waals surface area (Å²) in [5, 5.41) is 0.496. The summed E-state index contributed by atoms with van der Waals surface area (Å²) in [6.45, 7) is 1.98. The summed E-state index contributed by atoms with van der Waals surface area (Å²) < 4.78 is 0.953. The van der Waals surface area contributed by atoms with E-state index in [2.05, 4.69) is 25.9 Å². The standard InChI is InChI=1S/C9H6BrClN2/c1-5-6(10)4-12-7-2-3-8(11)13-9(5)7/h2-4H,1H3. The van der Waals surface area contributed by atoms with Gasteiger partial charge in [-0.3, -0.25) is 4.98 Å². The fourth-order valence-electron chi connectivity index (χ4n) is 1.14. The third kappa shape index (κ3) is 1.54. The minimum Gasteiger partial charge on any atom is -0.253 e. The van der Waals surface area contributed by atoms with E-state index < -0.39 is 0 Å². The molecule has 2 heterocycles. The first-order chi connectivity index (χ1) is 6.18. The van der Waals surface area contributed by atoms with E-state index in [4.69, 9.17) is 11.6 Å². The first-order valence-electron chi connectivity index (χ1n) is 3.76. The maximum atomic E-state index is 5.79. The van der Waals surface area contributed by atoms with E-state index in [0.29, 0.717) is 5.15 Å². The van der Waals surface area contributed by atoms with Crippen LogP contribution in [0.2, 0.25) is 5.15 Å². The Bertz CT molecular complexity index is 465. The third-order valence-electron chi connectivity index (χ3n) is 1.87. The highest BCUT2D eigenvalue weighted by Gasteiger charge is 2.03. The highest BCUT2D eigenvalue weighted by molar-refractivity contribution is 9.10. The molecule has 0 N–H and O–H groups in total. The maximum Gasteiger partial charge on any atom is 0.129 e. The highest BCUT2D eigenvalue weighted by atomic mass is 79.9. The van der Waals surface area contributed by atoms with Crippen molar-refractivity contribution in [2.45, 2.75) is 6.92 Å². The van der Waals surface area contributed by atoms with Crippen molar-refractivity contribution in [3.05, 3.63) is 33.5 Å². The van der Waals surface area contributed by atoms with Crippen molar-refractivity contribution < 1.29 is 0 Å². The van der Waals surface area contributed by atoms with Crippen molar-refractivity contribution in [1.82, 2.24) is 9.97 Å². The van der Waals surface area contributed by atoms with Gasteiger partial charge in [-0.2, -0.15) is 0 Å². The summed E-state index contributed by atoms with van der Waals surface area (Å²) in [4.78, 5) is 8.42. The summed E-state index contributed by atoms with van der Waals surface area (Å²) in [5.41, 5.74) is 2.78. The summed E-state index contributed by atoms with van der Waals surface area (Å²) in [5.74, 6) is 0. The van der Waals surface area contributed by atoms with E-state index in [-0.39, 0.29) is 0 Å². The maximum absolute atomic E-state index is 5.79. The van der Waals surface area contributed by atoms with Gasteiger partial charge in [-0.1, -0.05) is 11.6 Å². The third-order valence-corrected chi connectivity index (χ3v) is 2.88. The molecule has 0 aromatic carbocycles. The van der Waals surface area contributed by atoms with E-state index in [1.54, 1.807) is 12.3 Å². The fourth-order valence-corrected chi connectivity index (χ4v) is 1.58. The Balaban J connectivity index is 2.89. The zero-order chi connectivity index (χ0) is 9.42. The molecule has 0 saturated heterocycles. The van der Waals surface area contributed by atoms with Gasteiger partial charge in [0.15, 0.2) is 0 Å². The van der Waals surface area contributed by atoms with Gasteiger partial charge in [-0.25, -0.2) is 4.98 Å². The van der Waals surface area contributed by atoms with Gasteiger partial charge in [0.1, 0.15) is 5.15 Å². The molecule has 2 rings (SSSR count). The largest absolute Gasteiger partial charge is 0.253 e. The lowest BCUT2D eigenvalue weighted by Crippen LogP contribution is -1.88. The Morgan fingerprint density at radius 3 is 2.92 bits per heavy atom. The molecule has 0 aliphatic heterocycles. The number of aromatic nitrogens is 2. The van der Waals surface area contributed by atoms with Gasteiger partial charge in [-0.15, -0.1) is 0 Å². The van der Waals surface area contributed by atoms with E-state index >= 15 is 0 Å². The minimum atomic E-state index is 0.496. The summed E-state index contributed by atoms with van der Waals surface area (Å²) in [7, 11) is 0. The van der Waals surface area contributed by atoms with Crippen LogP contribution < -0.4 is 0 Å². The van der Waals surface area contributed by atoms with E-state index in [9.17, 15) is 0 Å². The lowest BCUT2D eigenvalue weighted by molar-refractivity contribution is 1.28. The van der Waals surface area contributed by atoms with Crippen LogP contribution in [0.3, 0.4) is 0 Å². The van der Waals surface area contributed by atoms with Crippen LogP contribution in [0.1, 0.15) is 5.56 Å². The normalized spacial score (nSPS) is 10.7. The summed E-state index contributed by atoms with van der Waals surface area (Å²) >= 11 is 9.18. The molecule has 0 spiro atoms. The van der Waals surface area contributed by atoms with Gasteiger partial charge in [0.2, 0.25) is 0 Å². The van der Waals surface area contributed by atoms with Gasteiger partial charge < -0.3 is 0 Å². The molecule has 0 atom stereocenters. The highest BCUT2D eigenvalue weighted by Crippen LogP contribution is 2.23. The topological polar surface area (TPSA) is 25.8 Å². The number of pyridine rings is 2. The first-order valence-corrected chi connectivity index (χ1v) is 4.93. The number of rotatable bonds is 0. The van der Waals surface area contributed by atoms with E-state index in [1.807, 2.05) is 13.0 Å². The molecule has 66 valence electrons. The van der Waals surface area contributed by atoms with Crippen LogP contribution in [0.4, 0.5) is 0 Å². The van der Waals surface area contributed by atoms with Crippen molar-refractivity contribution >= 4 is 38.6 Å². The van der Waals surface area contributed by atoms with E-state index in [1.165, 1.54) is 0 Å².